The van der Waals surface area contributed by atoms with E-state index < -0.39 is 0 Å². The third kappa shape index (κ3) is 1.88. The van der Waals surface area contributed by atoms with Gasteiger partial charge in [0.05, 0.1) is 0 Å². The van der Waals surface area contributed by atoms with E-state index in [1.165, 1.54) is 11.1 Å². The molecule has 2 rings (SSSR count). The van der Waals surface area contributed by atoms with E-state index in [1.54, 1.807) is 11.3 Å². The first kappa shape index (κ1) is 9.87. The molecule has 1 aromatic carbocycles. The van der Waals surface area contributed by atoms with Gasteiger partial charge in [-0.05, 0) is 25.5 Å². The molecule has 1 heterocycles. The first-order chi connectivity index (χ1) is 6.66. The van der Waals surface area contributed by atoms with E-state index in [4.69, 9.17) is 0 Å². The summed E-state index contributed by atoms with van der Waals surface area (Å²) in [5.74, 6) is 0. The Bertz CT molecular complexity index is 462. The Hall–Kier alpha value is -0.670. The molecule has 1 nitrogen and oxygen atoms in total. The Labute approximate surface area is 95.9 Å². The highest BCUT2D eigenvalue weighted by molar-refractivity contribution is 9.10. The normalized spacial score (nSPS) is 10.5. The second-order valence-electron chi connectivity index (χ2n) is 3.28. The Morgan fingerprint density at radius 3 is 2.64 bits per heavy atom. The van der Waals surface area contributed by atoms with Gasteiger partial charge in [-0.1, -0.05) is 28.1 Å². The van der Waals surface area contributed by atoms with Gasteiger partial charge in [0.2, 0.25) is 0 Å². The lowest BCUT2D eigenvalue weighted by atomic mass is 10.2. The van der Waals surface area contributed by atoms with Crippen LogP contribution in [0.1, 0.15) is 11.3 Å². The number of aromatic nitrogens is 1. The number of hydrogen-bond donors (Lipinski definition) is 0. The predicted octanol–water partition coefficient (Wildman–Crippen LogP) is 4.19. The van der Waals surface area contributed by atoms with Gasteiger partial charge in [-0.2, -0.15) is 0 Å². The van der Waals surface area contributed by atoms with Crippen LogP contribution < -0.4 is 0 Å². The number of rotatable bonds is 1. The average Bonchev–Trinajstić information content (AvgIpc) is 2.51. The summed E-state index contributed by atoms with van der Waals surface area (Å²) < 4.78 is 1.12. The molecule has 0 spiro atoms. The highest BCUT2D eigenvalue weighted by Crippen LogP contribution is 2.31. The molecule has 0 saturated carbocycles. The maximum absolute atomic E-state index is 4.46. The van der Waals surface area contributed by atoms with Crippen LogP contribution in [0.2, 0.25) is 0 Å². The van der Waals surface area contributed by atoms with Crippen molar-refractivity contribution in [2.24, 2.45) is 0 Å². The number of hydrogen-bond acceptors (Lipinski definition) is 2. The highest BCUT2D eigenvalue weighted by Gasteiger charge is 2.06. The fraction of sp³-hybridized carbons (Fsp3) is 0.182. The van der Waals surface area contributed by atoms with Crippen LogP contribution in [0.3, 0.4) is 0 Å². The van der Waals surface area contributed by atoms with Gasteiger partial charge >= 0.3 is 0 Å². The molecule has 0 N–H and O–H groups in total. The van der Waals surface area contributed by atoms with Crippen molar-refractivity contribution in [3.8, 4) is 10.6 Å². The van der Waals surface area contributed by atoms with E-state index >= 15 is 0 Å². The first-order valence-electron chi connectivity index (χ1n) is 4.35. The molecule has 0 aliphatic heterocycles. The SMILES string of the molecule is Cc1ccc(-c2nc(C)cs2)c(Br)c1. The molecule has 14 heavy (non-hydrogen) atoms. The summed E-state index contributed by atoms with van der Waals surface area (Å²) in [7, 11) is 0. The quantitative estimate of drug-likeness (QED) is 0.755. The maximum atomic E-state index is 4.46. The van der Waals surface area contributed by atoms with Crippen molar-refractivity contribution in [3.05, 3.63) is 39.3 Å². The molecular formula is C11H10BrNS. The summed E-state index contributed by atoms with van der Waals surface area (Å²) >= 11 is 5.24. The third-order valence-electron chi connectivity index (χ3n) is 1.97. The second-order valence-corrected chi connectivity index (χ2v) is 4.99. The summed E-state index contributed by atoms with van der Waals surface area (Å²) in [4.78, 5) is 4.46. The molecular weight excluding hydrogens is 258 g/mol. The van der Waals surface area contributed by atoms with Crippen molar-refractivity contribution >= 4 is 27.3 Å². The monoisotopic (exact) mass is 267 g/mol. The van der Waals surface area contributed by atoms with Crippen LogP contribution in [-0.4, -0.2) is 4.98 Å². The van der Waals surface area contributed by atoms with Gasteiger partial charge in [0, 0.05) is 21.1 Å². The first-order valence-corrected chi connectivity index (χ1v) is 6.03. The van der Waals surface area contributed by atoms with Crippen LogP contribution in [-0.2, 0) is 0 Å². The molecule has 0 aliphatic carbocycles. The van der Waals surface area contributed by atoms with E-state index in [-0.39, 0.29) is 0 Å². The van der Waals surface area contributed by atoms with E-state index in [0.29, 0.717) is 0 Å². The van der Waals surface area contributed by atoms with Gasteiger partial charge in [-0.15, -0.1) is 11.3 Å². The van der Waals surface area contributed by atoms with E-state index in [1.807, 2.05) is 6.92 Å². The molecule has 1 aromatic heterocycles. The Balaban J connectivity index is 2.52. The number of benzene rings is 1. The molecule has 0 fully saturated rings. The average molecular weight is 268 g/mol. The van der Waals surface area contributed by atoms with Crippen LogP contribution in [0.4, 0.5) is 0 Å². The number of halogens is 1. The van der Waals surface area contributed by atoms with Crippen LogP contribution in [0, 0.1) is 13.8 Å². The predicted molar refractivity (Wildman–Crippen MR) is 64.7 cm³/mol. The zero-order valence-corrected chi connectivity index (χ0v) is 10.4. The van der Waals surface area contributed by atoms with Crippen molar-refractivity contribution in [2.45, 2.75) is 13.8 Å². The van der Waals surface area contributed by atoms with E-state index in [9.17, 15) is 0 Å². The third-order valence-corrected chi connectivity index (χ3v) is 3.62. The Kier molecular flexibility index (Phi) is 2.70. The van der Waals surface area contributed by atoms with Crippen LogP contribution in [0.15, 0.2) is 28.1 Å². The number of aryl methyl sites for hydroxylation is 2. The molecule has 0 aliphatic rings. The van der Waals surface area contributed by atoms with Gasteiger partial charge in [-0.25, -0.2) is 4.98 Å². The Morgan fingerprint density at radius 2 is 2.07 bits per heavy atom. The summed E-state index contributed by atoms with van der Waals surface area (Å²) in [6.45, 7) is 4.10. The van der Waals surface area contributed by atoms with Gasteiger partial charge in [0.1, 0.15) is 5.01 Å². The molecule has 0 saturated heterocycles. The molecule has 2 aromatic rings. The molecule has 72 valence electrons. The summed E-state index contributed by atoms with van der Waals surface area (Å²) in [5, 5.41) is 3.15. The van der Waals surface area contributed by atoms with Gasteiger partial charge in [-0.3, -0.25) is 0 Å². The van der Waals surface area contributed by atoms with Gasteiger partial charge in [0.15, 0.2) is 0 Å². The van der Waals surface area contributed by atoms with Crippen molar-refractivity contribution in [1.29, 1.82) is 0 Å². The fourth-order valence-corrected chi connectivity index (χ4v) is 2.92. The molecule has 0 amide bonds. The van der Waals surface area contributed by atoms with E-state index in [0.717, 1.165) is 15.2 Å². The minimum atomic E-state index is 1.08. The lowest BCUT2D eigenvalue weighted by molar-refractivity contribution is 1.26. The topological polar surface area (TPSA) is 12.9 Å². The highest BCUT2D eigenvalue weighted by atomic mass is 79.9. The molecule has 0 unspecified atom stereocenters. The van der Waals surface area contributed by atoms with Crippen LogP contribution in [0.25, 0.3) is 10.6 Å². The molecule has 0 atom stereocenters. The van der Waals surface area contributed by atoms with Crippen LogP contribution in [0.5, 0.6) is 0 Å². The lowest BCUT2D eigenvalue weighted by Crippen LogP contribution is -1.80. The second kappa shape index (κ2) is 3.83. The summed E-state index contributed by atoms with van der Waals surface area (Å²) in [6.07, 6.45) is 0. The molecule has 3 heteroatoms. The van der Waals surface area contributed by atoms with Crippen molar-refractivity contribution in [1.82, 2.24) is 4.98 Å². The summed E-state index contributed by atoms with van der Waals surface area (Å²) in [5.41, 5.74) is 3.51. The fourth-order valence-electron chi connectivity index (χ4n) is 1.27. The number of thiazole rings is 1. The smallest absolute Gasteiger partial charge is 0.124 e. The van der Waals surface area contributed by atoms with Gasteiger partial charge < -0.3 is 0 Å². The van der Waals surface area contributed by atoms with E-state index in [2.05, 4.69) is 51.4 Å². The standard InChI is InChI=1S/C11H10BrNS/c1-7-3-4-9(10(12)5-7)11-13-8(2)6-14-11/h3-6H,1-2H3. The van der Waals surface area contributed by atoms with Crippen molar-refractivity contribution < 1.29 is 0 Å². The lowest BCUT2D eigenvalue weighted by Gasteiger charge is -2.01. The van der Waals surface area contributed by atoms with Crippen molar-refractivity contribution in [3.63, 3.8) is 0 Å². The molecule has 0 bridgehead atoms. The van der Waals surface area contributed by atoms with Gasteiger partial charge in [0.25, 0.3) is 0 Å². The zero-order chi connectivity index (χ0) is 10.1. The summed E-state index contributed by atoms with van der Waals surface area (Å²) in [6, 6.07) is 6.33. The molecule has 0 radical (unpaired) electrons. The largest absolute Gasteiger partial charge is 0.241 e. The van der Waals surface area contributed by atoms with Crippen LogP contribution >= 0.6 is 27.3 Å². The number of nitrogens with zero attached hydrogens (tertiary/aromatic N) is 1. The van der Waals surface area contributed by atoms with Crippen molar-refractivity contribution in [2.75, 3.05) is 0 Å². The maximum Gasteiger partial charge on any atom is 0.124 e. The minimum Gasteiger partial charge on any atom is -0.241 e. The Morgan fingerprint density at radius 1 is 1.29 bits per heavy atom. The minimum absolute atomic E-state index is 1.08. The zero-order valence-electron chi connectivity index (χ0n) is 8.04.